The molecule has 3 aromatic rings. The fraction of sp³-hybridized carbons (Fsp3) is 0.400. The van der Waals surface area contributed by atoms with Crippen LogP contribution in [0.25, 0.3) is 10.4 Å². The van der Waals surface area contributed by atoms with E-state index in [0.29, 0.717) is 21.4 Å². The van der Waals surface area contributed by atoms with E-state index < -0.39 is 11.0 Å². The van der Waals surface area contributed by atoms with Crippen LogP contribution in [-0.4, -0.2) is 22.8 Å². The number of nitrogens with zero attached hydrogens (tertiary/aromatic N) is 1. The lowest BCUT2D eigenvalue weighted by Gasteiger charge is -2.21. The molecule has 1 atom stereocenters. The van der Waals surface area contributed by atoms with Gasteiger partial charge in [0, 0.05) is 17.3 Å². The van der Waals surface area contributed by atoms with Crippen LogP contribution in [0, 0.1) is 19.8 Å². The van der Waals surface area contributed by atoms with Gasteiger partial charge in [0.15, 0.2) is 16.1 Å². The van der Waals surface area contributed by atoms with Crippen LogP contribution >= 0.6 is 22.9 Å². The van der Waals surface area contributed by atoms with Crippen molar-refractivity contribution in [2.45, 2.75) is 50.8 Å². The van der Waals surface area contributed by atoms with Crippen molar-refractivity contribution in [2.75, 3.05) is 23.7 Å². The van der Waals surface area contributed by atoms with E-state index in [2.05, 4.69) is 10.0 Å². The molecular weight excluding hydrogens is 474 g/mol. The monoisotopic (exact) mass is 503 g/mol. The molecule has 1 aromatic heterocycles. The first-order chi connectivity index (χ1) is 15.9. The average molecular weight is 504 g/mol. The van der Waals surface area contributed by atoms with Crippen molar-refractivity contribution in [1.29, 1.82) is 0 Å². The van der Waals surface area contributed by atoms with Crippen LogP contribution in [0.5, 0.6) is 5.75 Å². The Morgan fingerprint density at radius 1 is 1.15 bits per heavy atom. The fourth-order valence-corrected chi connectivity index (χ4v) is 6.31. The molecule has 2 aromatic carbocycles. The summed E-state index contributed by atoms with van der Waals surface area (Å²) in [5.41, 5.74) is 3.61. The zero-order valence-corrected chi connectivity index (χ0v) is 21.6. The second-order valence-corrected chi connectivity index (χ2v) is 11.1. The average Bonchev–Trinajstić information content (AvgIpc) is 3.20. The number of hydrogen-bond donors (Lipinski definition) is 2. The number of nitrogens with one attached hydrogen (secondary N) is 2. The van der Waals surface area contributed by atoms with Crippen molar-refractivity contribution in [1.82, 2.24) is 4.98 Å². The molecule has 2 N–H and O–H groups in total. The van der Waals surface area contributed by atoms with E-state index in [-0.39, 0.29) is 0 Å². The van der Waals surface area contributed by atoms with E-state index in [9.17, 15) is 4.21 Å². The van der Waals surface area contributed by atoms with E-state index in [1.54, 1.807) is 24.5 Å². The summed E-state index contributed by atoms with van der Waals surface area (Å²) < 4.78 is 21.7. The summed E-state index contributed by atoms with van der Waals surface area (Å²) in [6.45, 7) is 4.93. The summed E-state index contributed by atoms with van der Waals surface area (Å²) in [6.07, 6.45) is 6.64. The van der Waals surface area contributed by atoms with Gasteiger partial charge in [0.25, 0.3) is 0 Å². The Balaban J connectivity index is 1.54. The Kier molecular flexibility index (Phi) is 7.94. The number of benzene rings is 2. The Bertz CT molecular complexity index is 1140. The van der Waals surface area contributed by atoms with Crippen molar-refractivity contribution < 1.29 is 8.95 Å². The summed E-state index contributed by atoms with van der Waals surface area (Å²) in [5.74, 6) is 1.31. The number of ether oxygens (including phenoxy) is 1. The number of aromatic nitrogens is 1. The van der Waals surface area contributed by atoms with Gasteiger partial charge in [0.1, 0.15) is 10.6 Å². The van der Waals surface area contributed by atoms with Crippen LogP contribution in [0.4, 0.5) is 10.8 Å². The van der Waals surface area contributed by atoms with Crippen LogP contribution in [0.3, 0.4) is 0 Å². The molecule has 4 rings (SSSR count). The Morgan fingerprint density at radius 3 is 2.67 bits per heavy atom. The van der Waals surface area contributed by atoms with Gasteiger partial charge in [-0.25, -0.2) is 9.19 Å². The van der Waals surface area contributed by atoms with Gasteiger partial charge in [-0.3, -0.25) is 0 Å². The summed E-state index contributed by atoms with van der Waals surface area (Å²) in [5, 5.41) is 5.12. The van der Waals surface area contributed by atoms with E-state index >= 15 is 0 Å². The predicted molar refractivity (Wildman–Crippen MR) is 140 cm³/mol. The molecule has 0 amide bonds. The van der Waals surface area contributed by atoms with Crippen LogP contribution in [0.1, 0.15) is 43.4 Å². The van der Waals surface area contributed by atoms with Gasteiger partial charge >= 0.3 is 0 Å². The highest BCUT2D eigenvalue weighted by atomic mass is 35.5. The van der Waals surface area contributed by atoms with Gasteiger partial charge in [-0.05, 0) is 74.1 Å². The zero-order valence-electron chi connectivity index (χ0n) is 19.2. The maximum absolute atomic E-state index is 13.2. The lowest BCUT2D eigenvalue weighted by molar-refractivity contribution is 0.373. The van der Waals surface area contributed by atoms with Crippen molar-refractivity contribution in [3.8, 4) is 16.2 Å². The maximum Gasteiger partial charge on any atom is 0.183 e. The Hall–Kier alpha value is -2.09. The first-order valence-electron chi connectivity index (χ1n) is 11.3. The molecule has 8 heteroatoms. The Morgan fingerprint density at radius 2 is 1.94 bits per heavy atom. The summed E-state index contributed by atoms with van der Waals surface area (Å²) in [4.78, 5) is 6.39. The molecule has 1 aliphatic rings. The third kappa shape index (κ3) is 5.89. The van der Waals surface area contributed by atoms with Crippen LogP contribution in [0.15, 0.2) is 41.3 Å². The van der Waals surface area contributed by atoms with Gasteiger partial charge in [-0.15, -0.1) is 0 Å². The zero-order chi connectivity index (χ0) is 23.4. The molecular formula is C25H30ClN3O2S2. The molecule has 1 aliphatic carbocycles. The van der Waals surface area contributed by atoms with Crippen molar-refractivity contribution >= 4 is 44.7 Å². The number of hydrogen-bond acceptors (Lipinski definition) is 5. The lowest BCUT2D eigenvalue weighted by atomic mass is 9.89. The molecule has 1 unspecified atom stereocenters. The van der Waals surface area contributed by atoms with Crippen molar-refractivity contribution in [2.24, 2.45) is 5.92 Å². The normalized spacial score (nSPS) is 15.3. The summed E-state index contributed by atoms with van der Waals surface area (Å²) in [7, 11) is 0.0706. The van der Waals surface area contributed by atoms with E-state index in [4.69, 9.17) is 21.3 Å². The second kappa shape index (κ2) is 10.9. The number of methoxy groups -OCH3 is 1. The minimum atomic E-state index is -1.52. The number of anilines is 2. The van der Waals surface area contributed by atoms with Gasteiger partial charge in [-0.2, -0.15) is 0 Å². The topological polar surface area (TPSA) is 63.2 Å². The highest BCUT2D eigenvalue weighted by molar-refractivity contribution is 7.86. The maximum atomic E-state index is 13.2. The smallest absolute Gasteiger partial charge is 0.183 e. The molecule has 0 spiro atoms. The third-order valence-corrected chi connectivity index (χ3v) is 8.78. The molecule has 0 bridgehead atoms. The van der Waals surface area contributed by atoms with Gasteiger partial charge < -0.3 is 14.8 Å². The van der Waals surface area contributed by atoms with Gasteiger partial charge in [0.2, 0.25) is 0 Å². The number of aryl methyl sites for hydroxylation is 2. The van der Waals surface area contributed by atoms with E-state index in [0.717, 1.165) is 39.3 Å². The Labute approximate surface area is 207 Å². The summed E-state index contributed by atoms with van der Waals surface area (Å²) >= 11 is 7.87. The SMILES string of the molecule is COc1ccc(-c2sc(NCC3CCCCC3)nc2C)cc1S(=O)Nc1ccc(C)c(Cl)c1. The lowest BCUT2D eigenvalue weighted by Crippen LogP contribution is -2.16. The molecule has 1 saturated carbocycles. The van der Waals surface area contributed by atoms with Gasteiger partial charge in [0.05, 0.1) is 17.7 Å². The van der Waals surface area contributed by atoms with Crippen molar-refractivity contribution in [3.05, 3.63) is 52.7 Å². The molecule has 5 nitrogen and oxygen atoms in total. The first kappa shape index (κ1) is 24.0. The molecule has 0 aliphatic heterocycles. The van der Waals surface area contributed by atoms with Gasteiger partial charge in [-0.1, -0.05) is 48.3 Å². The number of thiazole rings is 1. The molecule has 1 heterocycles. The second-order valence-electron chi connectivity index (χ2n) is 8.52. The molecule has 0 radical (unpaired) electrons. The minimum absolute atomic E-state index is 0.570. The van der Waals surface area contributed by atoms with Crippen LogP contribution < -0.4 is 14.8 Å². The minimum Gasteiger partial charge on any atom is -0.495 e. The quantitative estimate of drug-likeness (QED) is 0.340. The third-order valence-electron chi connectivity index (χ3n) is 6.07. The highest BCUT2D eigenvalue weighted by Gasteiger charge is 2.18. The molecule has 176 valence electrons. The van der Waals surface area contributed by atoms with E-state index in [1.165, 1.54) is 32.1 Å². The fourth-order valence-electron chi connectivity index (χ4n) is 4.14. The molecule has 0 saturated heterocycles. The summed E-state index contributed by atoms with van der Waals surface area (Å²) in [6, 6.07) is 11.3. The first-order valence-corrected chi connectivity index (χ1v) is 13.6. The number of rotatable bonds is 8. The van der Waals surface area contributed by atoms with Crippen molar-refractivity contribution in [3.63, 3.8) is 0 Å². The largest absolute Gasteiger partial charge is 0.495 e. The highest BCUT2D eigenvalue weighted by Crippen LogP contribution is 2.37. The van der Waals surface area contributed by atoms with Crippen LogP contribution in [0.2, 0.25) is 5.02 Å². The van der Waals surface area contributed by atoms with Crippen LogP contribution in [-0.2, 0) is 11.0 Å². The van der Waals surface area contributed by atoms with E-state index in [1.807, 2.05) is 44.2 Å². The predicted octanol–water partition coefficient (Wildman–Crippen LogP) is 7.22. The number of halogens is 1. The molecule has 1 fully saturated rings. The molecule has 33 heavy (non-hydrogen) atoms. The standard InChI is InChI=1S/C25H30ClN3O2S2/c1-16-9-11-20(14-21(16)26)29-33(30)23-13-19(10-12-22(23)31-3)24-17(2)28-25(32-24)27-15-18-7-5-4-6-8-18/h9-14,18,29H,4-8,15H2,1-3H3,(H,27,28).